The molecule has 0 spiro atoms. The van der Waals surface area contributed by atoms with E-state index in [1.54, 1.807) is 29.2 Å². The van der Waals surface area contributed by atoms with Gasteiger partial charge < -0.3 is 20.4 Å². The Morgan fingerprint density at radius 3 is 2.79 bits per heavy atom. The van der Waals surface area contributed by atoms with E-state index in [-0.39, 0.29) is 6.09 Å². The number of carbonyl (C=O) groups excluding carboxylic acids is 1. The Labute approximate surface area is 172 Å². The number of hydrogen-bond donors (Lipinski definition) is 2. The summed E-state index contributed by atoms with van der Waals surface area (Å²) in [4.78, 5) is 29.4. The number of anilines is 1. The number of nitrogens with one attached hydrogen (secondary N) is 1. The molecule has 0 bridgehead atoms. The van der Waals surface area contributed by atoms with Gasteiger partial charge in [-0.05, 0) is 48.9 Å². The normalized spacial score (nSPS) is 14.4. The van der Waals surface area contributed by atoms with E-state index in [4.69, 9.17) is 22.1 Å². The second-order valence-electron chi connectivity index (χ2n) is 6.79. The Kier molecular flexibility index (Phi) is 5.49. The summed E-state index contributed by atoms with van der Waals surface area (Å²) < 4.78 is 5.39. The number of imidazole rings is 1. The van der Waals surface area contributed by atoms with Crippen molar-refractivity contribution in [3.05, 3.63) is 41.4 Å². The molecule has 1 fully saturated rings. The van der Waals surface area contributed by atoms with Gasteiger partial charge in [0.15, 0.2) is 11.5 Å². The van der Waals surface area contributed by atoms with Crippen molar-refractivity contribution in [1.82, 2.24) is 24.8 Å². The van der Waals surface area contributed by atoms with Gasteiger partial charge in [0, 0.05) is 24.5 Å². The second-order valence-corrected chi connectivity index (χ2v) is 7.23. The van der Waals surface area contributed by atoms with Gasteiger partial charge in [-0.15, -0.1) is 0 Å². The number of carbonyl (C=O) groups is 1. The summed E-state index contributed by atoms with van der Waals surface area (Å²) in [5, 5.41) is 0.601. The lowest BCUT2D eigenvalue weighted by molar-refractivity contribution is 0.131. The molecule has 148 valence electrons. The predicted octanol–water partition coefficient (Wildman–Crippen LogP) is 3.24. The second kappa shape index (κ2) is 8.37. The highest BCUT2D eigenvalue weighted by molar-refractivity contribution is 6.30. The monoisotopic (exact) mass is 410 g/mol. The first-order valence-corrected chi connectivity index (χ1v) is 9.64. The number of H-pyrrole nitrogens is 1. The number of fused-ring (bicyclic) bond motifs is 1. The van der Waals surface area contributed by atoms with Crippen molar-refractivity contribution in [3.8, 4) is 17.6 Å². The fraction of sp³-hybridized carbons (Fsp3) is 0.300. The maximum absolute atomic E-state index is 12.3. The predicted molar refractivity (Wildman–Crippen MR) is 109 cm³/mol. The molecule has 4 rings (SSSR count). The standard InChI is InChI=1S/C20H19ClN6O2/c21-14-4-6-15(7-5-14)29-20(28)27-10-8-13(9-11-27)2-1-3-16-25-18(22)17-19(26-16)24-12-23-17/h4-7,12-13H,2,8-11H2,(H3,22,23,24,25,26). The maximum Gasteiger partial charge on any atom is 0.415 e. The summed E-state index contributed by atoms with van der Waals surface area (Å²) in [7, 11) is 0. The first-order valence-electron chi connectivity index (χ1n) is 9.26. The highest BCUT2D eigenvalue weighted by atomic mass is 35.5. The molecule has 29 heavy (non-hydrogen) atoms. The van der Waals surface area contributed by atoms with Crippen LogP contribution in [0.3, 0.4) is 0 Å². The lowest BCUT2D eigenvalue weighted by atomic mass is 9.94. The molecule has 9 heteroatoms. The molecule has 0 aliphatic carbocycles. The van der Waals surface area contributed by atoms with Gasteiger partial charge in [-0.2, -0.15) is 4.98 Å². The molecule has 0 saturated carbocycles. The van der Waals surface area contributed by atoms with Crippen LogP contribution in [0.25, 0.3) is 11.2 Å². The molecule has 1 amide bonds. The van der Waals surface area contributed by atoms with Crippen molar-refractivity contribution >= 4 is 34.7 Å². The topological polar surface area (TPSA) is 110 Å². The first-order chi connectivity index (χ1) is 14.1. The Hall–Kier alpha value is -3.31. The van der Waals surface area contributed by atoms with Gasteiger partial charge in [0.1, 0.15) is 11.3 Å². The number of benzene rings is 1. The molecule has 1 aliphatic rings. The van der Waals surface area contributed by atoms with Crippen LogP contribution in [0.5, 0.6) is 5.75 Å². The van der Waals surface area contributed by atoms with Gasteiger partial charge in [-0.25, -0.2) is 14.8 Å². The molecular formula is C20H19ClN6O2. The number of nitrogen functional groups attached to an aromatic ring is 1. The molecule has 0 unspecified atom stereocenters. The van der Waals surface area contributed by atoms with Crippen molar-refractivity contribution in [2.75, 3.05) is 18.8 Å². The van der Waals surface area contributed by atoms with Crippen LogP contribution in [0.1, 0.15) is 25.1 Å². The van der Waals surface area contributed by atoms with Crippen LogP contribution in [0.15, 0.2) is 30.6 Å². The fourth-order valence-corrected chi connectivity index (χ4v) is 3.30. The zero-order valence-corrected chi connectivity index (χ0v) is 16.3. The molecule has 3 N–H and O–H groups in total. The third-order valence-electron chi connectivity index (χ3n) is 4.80. The van der Waals surface area contributed by atoms with Crippen LogP contribution in [0, 0.1) is 17.8 Å². The van der Waals surface area contributed by atoms with Gasteiger partial charge in [-0.1, -0.05) is 17.5 Å². The highest BCUT2D eigenvalue weighted by Crippen LogP contribution is 2.22. The van der Waals surface area contributed by atoms with Crippen molar-refractivity contribution in [3.63, 3.8) is 0 Å². The minimum atomic E-state index is -0.340. The largest absolute Gasteiger partial charge is 0.415 e. The fourth-order valence-electron chi connectivity index (χ4n) is 3.17. The number of ether oxygens (including phenoxy) is 1. The zero-order chi connectivity index (χ0) is 20.2. The maximum atomic E-state index is 12.3. The van der Waals surface area contributed by atoms with Gasteiger partial charge in [-0.3, -0.25) is 0 Å². The average Bonchev–Trinajstić information content (AvgIpc) is 3.19. The third-order valence-corrected chi connectivity index (χ3v) is 5.05. The number of halogens is 1. The van der Waals surface area contributed by atoms with Crippen molar-refractivity contribution < 1.29 is 9.53 Å². The van der Waals surface area contributed by atoms with Gasteiger partial charge in [0.2, 0.25) is 5.82 Å². The minimum Gasteiger partial charge on any atom is -0.410 e. The van der Waals surface area contributed by atoms with E-state index >= 15 is 0 Å². The lowest BCUT2D eigenvalue weighted by Crippen LogP contribution is -2.40. The van der Waals surface area contributed by atoms with E-state index in [9.17, 15) is 4.79 Å². The van der Waals surface area contributed by atoms with E-state index in [2.05, 4.69) is 31.8 Å². The van der Waals surface area contributed by atoms with E-state index in [0.717, 1.165) is 12.8 Å². The Balaban J connectivity index is 1.28. The number of rotatable bonds is 2. The molecule has 3 aromatic rings. The van der Waals surface area contributed by atoms with E-state index in [1.165, 1.54) is 6.33 Å². The highest BCUT2D eigenvalue weighted by Gasteiger charge is 2.23. The summed E-state index contributed by atoms with van der Waals surface area (Å²) >= 11 is 5.84. The van der Waals surface area contributed by atoms with Crippen LogP contribution in [-0.4, -0.2) is 44.0 Å². The van der Waals surface area contributed by atoms with Crippen molar-refractivity contribution in [2.24, 2.45) is 5.92 Å². The SMILES string of the molecule is Nc1nc(C#CCC2CCN(C(=O)Oc3ccc(Cl)cc3)CC2)nc2nc[nH]c12. The van der Waals surface area contributed by atoms with E-state index < -0.39 is 0 Å². The quantitative estimate of drug-likeness (QED) is 0.627. The smallest absolute Gasteiger partial charge is 0.410 e. The van der Waals surface area contributed by atoms with Crippen LogP contribution in [0.4, 0.5) is 10.6 Å². The van der Waals surface area contributed by atoms with Gasteiger partial charge in [0.25, 0.3) is 0 Å². The minimum absolute atomic E-state index is 0.337. The van der Waals surface area contributed by atoms with Crippen molar-refractivity contribution in [1.29, 1.82) is 0 Å². The van der Waals surface area contributed by atoms with E-state index in [0.29, 0.717) is 59.0 Å². The third kappa shape index (κ3) is 4.58. The Morgan fingerprint density at radius 2 is 2.03 bits per heavy atom. The summed E-state index contributed by atoms with van der Waals surface area (Å²) in [6.07, 6.45) is 3.63. The summed E-state index contributed by atoms with van der Waals surface area (Å²) in [5.74, 6) is 7.69. The molecule has 1 aliphatic heterocycles. The number of likely N-dealkylation sites (tertiary alicyclic amines) is 1. The number of hydrogen-bond acceptors (Lipinski definition) is 6. The van der Waals surface area contributed by atoms with Crippen LogP contribution in [-0.2, 0) is 0 Å². The van der Waals surface area contributed by atoms with E-state index in [1.807, 2.05) is 0 Å². The number of aromatic nitrogens is 4. The average molecular weight is 411 g/mol. The Morgan fingerprint density at radius 1 is 1.28 bits per heavy atom. The molecule has 0 atom stereocenters. The molecule has 0 radical (unpaired) electrons. The lowest BCUT2D eigenvalue weighted by Gasteiger charge is -2.30. The summed E-state index contributed by atoms with van der Waals surface area (Å²) in [6, 6.07) is 6.74. The number of aromatic amines is 1. The number of amides is 1. The van der Waals surface area contributed by atoms with Crippen molar-refractivity contribution in [2.45, 2.75) is 19.3 Å². The molecule has 1 saturated heterocycles. The summed E-state index contributed by atoms with van der Waals surface area (Å²) in [6.45, 7) is 1.28. The number of nitrogens with zero attached hydrogens (tertiary/aromatic N) is 4. The molecular weight excluding hydrogens is 392 g/mol. The van der Waals surface area contributed by atoms with Gasteiger partial charge in [0.05, 0.1) is 6.33 Å². The molecule has 2 aromatic heterocycles. The summed E-state index contributed by atoms with van der Waals surface area (Å²) in [5.41, 5.74) is 7.00. The molecule has 3 heterocycles. The zero-order valence-electron chi connectivity index (χ0n) is 15.6. The molecule has 8 nitrogen and oxygen atoms in total. The van der Waals surface area contributed by atoms with Gasteiger partial charge >= 0.3 is 6.09 Å². The molecule has 1 aromatic carbocycles. The van der Waals surface area contributed by atoms with Crippen LogP contribution in [0.2, 0.25) is 5.02 Å². The number of piperidine rings is 1. The van der Waals surface area contributed by atoms with Crippen LogP contribution >= 0.6 is 11.6 Å². The number of nitrogens with two attached hydrogens (primary N) is 1. The van der Waals surface area contributed by atoms with Crippen LogP contribution < -0.4 is 10.5 Å². The first kappa shape index (κ1) is 19.0. The Bertz CT molecular complexity index is 1080.